The Kier molecular flexibility index (Phi) is 4.60. The SMILES string of the molecule is CC[C@H]1COCCN1Cc1cn[nH]c1-c1cc(C)ccc1C. The first-order valence-corrected chi connectivity index (χ1v) is 8.10. The average molecular weight is 299 g/mol. The van der Waals surface area contributed by atoms with E-state index >= 15 is 0 Å². The molecule has 0 saturated carbocycles. The Labute approximate surface area is 132 Å². The smallest absolute Gasteiger partial charge is 0.0698 e. The zero-order valence-electron chi connectivity index (χ0n) is 13.7. The van der Waals surface area contributed by atoms with E-state index in [1.165, 1.54) is 22.3 Å². The number of rotatable bonds is 4. The highest BCUT2D eigenvalue weighted by atomic mass is 16.5. The quantitative estimate of drug-likeness (QED) is 0.941. The number of aromatic nitrogens is 2. The van der Waals surface area contributed by atoms with Crippen LogP contribution in [0.1, 0.15) is 30.0 Å². The maximum absolute atomic E-state index is 5.61. The summed E-state index contributed by atoms with van der Waals surface area (Å²) in [6.45, 7) is 10.1. The number of benzene rings is 1. The van der Waals surface area contributed by atoms with E-state index in [0.29, 0.717) is 6.04 Å². The van der Waals surface area contributed by atoms with E-state index in [0.717, 1.165) is 38.4 Å². The van der Waals surface area contributed by atoms with Crippen LogP contribution in [-0.2, 0) is 11.3 Å². The molecule has 2 heterocycles. The van der Waals surface area contributed by atoms with Crippen LogP contribution in [0.4, 0.5) is 0 Å². The normalized spacial score (nSPS) is 19.5. The summed E-state index contributed by atoms with van der Waals surface area (Å²) in [7, 11) is 0. The summed E-state index contributed by atoms with van der Waals surface area (Å²) in [4.78, 5) is 2.52. The topological polar surface area (TPSA) is 41.1 Å². The molecule has 22 heavy (non-hydrogen) atoms. The van der Waals surface area contributed by atoms with Crippen molar-refractivity contribution in [1.82, 2.24) is 15.1 Å². The Hall–Kier alpha value is -1.65. The van der Waals surface area contributed by atoms with Crippen LogP contribution in [0, 0.1) is 13.8 Å². The van der Waals surface area contributed by atoms with E-state index in [1.54, 1.807) is 0 Å². The molecule has 1 aromatic heterocycles. The fraction of sp³-hybridized carbons (Fsp3) is 0.500. The van der Waals surface area contributed by atoms with Crippen molar-refractivity contribution >= 4 is 0 Å². The molecule has 0 amide bonds. The first-order chi connectivity index (χ1) is 10.7. The molecule has 0 radical (unpaired) electrons. The minimum atomic E-state index is 0.509. The number of morpholine rings is 1. The maximum atomic E-state index is 5.61. The van der Waals surface area contributed by atoms with Crippen molar-refractivity contribution in [2.24, 2.45) is 0 Å². The molecule has 0 spiro atoms. The highest BCUT2D eigenvalue weighted by Gasteiger charge is 2.23. The van der Waals surface area contributed by atoms with Crippen LogP contribution < -0.4 is 0 Å². The lowest BCUT2D eigenvalue weighted by Gasteiger charge is -2.35. The van der Waals surface area contributed by atoms with Crippen molar-refractivity contribution < 1.29 is 4.74 Å². The average Bonchev–Trinajstić information content (AvgIpc) is 2.98. The summed E-state index contributed by atoms with van der Waals surface area (Å²) in [5.41, 5.74) is 6.24. The van der Waals surface area contributed by atoms with E-state index in [2.05, 4.69) is 54.1 Å². The van der Waals surface area contributed by atoms with Gasteiger partial charge in [-0.05, 0) is 31.9 Å². The van der Waals surface area contributed by atoms with Gasteiger partial charge < -0.3 is 4.74 Å². The lowest BCUT2D eigenvalue weighted by Crippen LogP contribution is -2.44. The van der Waals surface area contributed by atoms with Crippen LogP contribution >= 0.6 is 0 Å². The van der Waals surface area contributed by atoms with Gasteiger partial charge in [0.25, 0.3) is 0 Å². The van der Waals surface area contributed by atoms with Gasteiger partial charge in [0, 0.05) is 30.3 Å². The monoisotopic (exact) mass is 299 g/mol. The second-order valence-corrected chi connectivity index (χ2v) is 6.20. The summed E-state index contributed by atoms with van der Waals surface area (Å²) in [5.74, 6) is 0. The molecule has 1 aliphatic rings. The van der Waals surface area contributed by atoms with Crippen molar-refractivity contribution in [2.75, 3.05) is 19.8 Å². The molecule has 1 N–H and O–H groups in total. The van der Waals surface area contributed by atoms with E-state index < -0.39 is 0 Å². The fourth-order valence-corrected chi connectivity index (χ4v) is 3.16. The third-order valence-corrected chi connectivity index (χ3v) is 4.57. The molecule has 1 atom stereocenters. The molecule has 0 aliphatic carbocycles. The molecule has 1 aliphatic heterocycles. The molecule has 3 rings (SSSR count). The summed E-state index contributed by atoms with van der Waals surface area (Å²) < 4.78 is 5.61. The predicted octanol–water partition coefficient (Wildman–Crippen LogP) is 3.30. The molecule has 1 saturated heterocycles. The molecular formula is C18H25N3O. The van der Waals surface area contributed by atoms with E-state index in [-0.39, 0.29) is 0 Å². The van der Waals surface area contributed by atoms with Crippen molar-refractivity contribution in [3.05, 3.63) is 41.1 Å². The van der Waals surface area contributed by atoms with Gasteiger partial charge >= 0.3 is 0 Å². The molecular weight excluding hydrogens is 274 g/mol. The number of ether oxygens (including phenoxy) is 1. The second-order valence-electron chi connectivity index (χ2n) is 6.20. The largest absolute Gasteiger partial charge is 0.378 e. The predicted molar refractivity (Wildman–Crippen MR) is 88.8 cm³/mol. The van der Waals surface area contributed by atoms with Gasteiger partial charge in [0.1, 0.15) is 0 Å². The van der Waals surface area contributed by atoms with E-state index in [4.69, 9.17) is 4.74 Å². The zero-order chi connectivity index (χ0) is 15.5. The number of aryl methyl sites for hydroxylation is 2. The van der Waals surface area contributed by atoms with Gasteiger partial charge in [-0.1, -0.05) is 24.6 Å². The van der Waals surface area contributed by atoms with Gasteiger partial charge in [-0.2, -0.15) is 5.10 Å². The molecule has 118 valence electrons. The van der Waals surface area contributed by atoms with Gasteiger partial charge in [0.15, 0.2) is 0 Å². The van der Waals surface area contributed by atoms with Crippen LogP contribution in [0.3, 0.4) is 0 Å². The standard InChI is InChI=1S/C18H25N3O/c1-4-16-12-22-8-7-21(16)11-15-10-19-20-18(15)17-9-13(2)5-6-14(17)3/h5-6,9-10,16H,4,7-8,11-12H2,1-3H3,(H,19,20)/t16-/m0/s1. The summed E-state index contributed by atoms with van der Waals surface area (Å²) in [6.07, 6.45) is 3.09. The molecule has 1 fully saturated rings. The molecule has 2 aromatic rings. The number of aromatic amines is 1. The third-order valence-electron chi connectivity index (χ3n) is 4.57. The third kappa shape index (κ3) is 3.08. The number of H-pyrrole nitrogens is 1. The Morgan fingerprint density at radius 1 is 1.36 bits per heavy atom. The van der Waals surface area contributed by atoms with Crippen LogP contribution in [0.15, 0.2) is 24.4 Å². The summed E-state index contributed by atoms with van der Waals surface area (Å²) in [6, 6.07) is 7.08. The van der Waals surface area contributed by atoms with Crippen LogP contribution in [0.25, 0.3) is 11.3 Å². The number of nitrogens with zero attached hydrogens (tertiary/aromatic N) is 2. The first kappa shape index (κ1) is 15.3. The number of nitrogens with one attached hydrogen (secondary N) is 1. The van der Waals surface area contributed by atoms with Crippen molar-refractivity contribution in [3.8, 4) is 11.3 Å². The van der Waals surface area contributed by atoms with Gasteiger partial charge in [-0.15, -0.1) is 0 Å². The highest BCUT2D eigenvalue weighted by molar-refractivity contribution is 5.67. The van der Waals surface area contributed by atoms with Crippen molar-refractivity contribution in [1.29, 1.82) is 0 Å². The Morgan fingerprint density at radius 2 is 2.23 bits per heavy atom. The Balaban J connectivity index is 1.87. The van der Waals surface area contributed by atoms with Gasteiger partial charge in [-0.3, -0.25) is 10.00 Å². The summed E-state index contributed by atoms with van der Waals surface area (Å²) >= 11 is 0. The molecule has 0 bridgehead atoms. The molecule has 4 nitrogen and oxygen atoms in total. The van der Waals surface area contributed by atoms with Crippen LogP contribution in [-0.4, -0.2) is 40.9 Å². The number of hydrogen-bond donors (Lipinski definition) is 1. The molecule has 1 aromatic carbocycles. The lowest BCUT2D eigenvalue weighted by atomic mass is 10.00. The molecule has 0 unspecified atom stereocenters. The minimum absolute atomic E-state index is 0.509. The Morgan fingerprint density at radius 3 is 3.05 bits per heavy atom. The summed E-state index contributed by atoms with van der Waals surface area (Å²) in [5, 5.41) is 7.51. The maximum Gasteiger partial charge on any atom is 0.0698 e. The van der Waals surface area contributed by atoms with Gasteiger partial charge in [0.05, 0.1) is 25.1 Å². The van der Waals surface area contributed by atoms with Crippen molar-refractivity contribution in [2.45, 2.75) is 39.8 Å². The Bertz CT molecular complexity index is 635. The van der Waals surface area contributed by atoms with Crippen LogP contribution in [0.5, 0.6) is 0 Å². The highest BCUT2D eigenvalue weighted by Crippen LogP contribution is 2.27. The second kappa shape index (κ2) is 6.63. The number of hydrogen-bond acceptors (Lipinski definition) is 3. The van der Waals surface area contributed by atoms with Crippen LogP contribution in [0.2, 0.25) is 0 Å². The van der Waals surface area contributed by atoms with E-state index in [9.17, 15) is 0 Å². The van der Waals surface area contributed by atoms with E-state index in [1.807, 2.05) is 6.20 Å². The van der Waals surface area contributed by atoms with Gasteiger partial charge in [0.2, 0.25) is 0 Å². The first-order valence-electron chi connectivity index (χ1n) is 8.10. The minimum Gasteiger partial charge on any atom is -0.378 e. The lowest BCUT2D eigenvalue weighted by molar-refractivity contribution is -0.0126. The molecule has 4 heteroatoms. The zero-order valence-corrected chi connectivity index (χ0v) is 13.7. The van der Waals surface area contributed by atoms with Crippen molar-refractivity contribution in [3.63, 3.8) is 0 Å². The van der Waals surface area contributed by atoms with Gasteiger partial charge in [-0.25, -0.2) is 0 Å². The fourth-order valence-electron chi connectivity index (χ4n) is 3.16.